The van der Waals surface area contributed by atoms with Gasteiger partial charge in [0.2, 0.25) is 11.8 Å². The Bertz CT molecular complexity index is 1670. The van der Waals surface area contributed by atoms with Crippen LogP contribution in [0.25, 0.3) is 32.9 Å². The second kappa shape index (κ2) is 9.98. The smallest absolute Gasteiger partial charge is 0.225 e. The number of hydrogen-bond acceptors (Lipinski definition) is 7. The van der Waals surface area contributed by atoms with Gasteiger partial charge in [-0.05, 0) is 66.6 Å². The van der Waals surface area contributed by atoms with Crippen LogP contribution in [0.3, 0.4) is 0 Å². The Labute approximate surface area is 237 Å². The first kappa shape index (κ1) is 26.2. The molecular weight excluding hydrogens is 526 g/mol. The van der Waals surface area contributed by atoms with Crippen molar-refractivity contribution in [3.8, 4) is 28.8 Å². The molecule has 0 bridgehead atoms. The first-order valence-electron chi connectivity index (χ1n) is 14.6. The first-order chi connectivity index (χ1) is 19.9. The van der Waals surface area contributed by atoms with E-state index in [1.807, 2.05) is 13.0 Å². The standard InChI is InChI=1S/C32H34F2N4O3/c1-2-21-23(33)8-7-18-12-20(39)13-22(26(18)21)29-28(34)30-27-24(14-25(36-30)41-17-32(16-35)9-10-32)38-11-5-3-4-6-19(38)15-40-31(27)37-29/h7-8,12-14,19,39H,2-6,9-11,15-17,35H2,1H3. The summed E-state index contributed by atoms with van der Waals surface area (Å²) >= 11 is 0. The van der Waals surface area contributed by atoms with E-state index in [4.69, 9.17) is 20.2 Å². The zero-order valence-corrected chi connectivity index (χ0v) is 23.2. The van der Waals surface area contributed by atoms with Crippen molar-refractivity contribution in [3.63, 3.8) is 0 Å². The average molecular weight is 561 g/mol. The van der Waals surface area contributed by atoms with Gasteiger partial charge in [0, 0.05) is 30.1 Å². The minimum absolute atomic E-state index is 0.0398. The van der Waals surface area contributed by atoms with Gasteiger partial charge in [0.1, 0.15) is 29.4 Å². The molecule has 7 nitrogen and oxygen atoms in total. The summed E-state index contributed by atoms with van der Waals surface area (Å²) in [6.45, 7) is 4.02. The number of phenols is 1. The molecule has 2 aliphatic heterocycles. The van der Waals surface area contributed by atoms with Gasteiger partial charge in [0.15, 0.2) is 5.82 Å². The number of hydrogen-bond donors (Lipinski definition) is 2. The molecule has 1 unspecified atom stereocenters. The topological polar surface area (TPSA) is 93.7 Å². The second-order valence-corrected chi connectivity index (χ2v) is 11.8. The van der Waals surface area contributed by atoms with Gasteiger partial charge in [0.05, 0.1) is 23.7 Å². The third kappa shape index (κ3) is 4.41. The number of anilines is 1. The number of phenolic OH excluding ortho intramolecular Hbond substituents is 1. The lowest BCUT2D eigenvalue weighted by molar-refractivity contribution is 0.231. The number of benzene rings is 2. The molecule has 1 saturated heterocycles. The van der Waals surface area contributed by atoms with Crippen LogP contribution >= 0.6 is 0 Å². The van der Waals surface area contributed by atoms with Crippen molar-refractivity contribution in [2.24, 2.45) is 11.1 Å². The molecule has 7 rings (SSSR count). The van der Waals surface area contributed by atoms with E-state index in [-0.39, 0.29) is 40.1 Å². The van der Waals surface area contributed by atoms with Gasteiger partial charge in [-0.2, -0.15) is 0 Å². The van der Waals surface area contributed by atoms with E-state index in [0.29, 0.717) is 59.3 Å². The molecule has 0 spiro atoms. The van der Waals surface area contributed by atoms with E-state index >= 15 is 4.39 Å². The Balaban J connectivity index is 1.48. The summed E-state index contributed by atoms with van der Waals surface area (Å²) in [4.78, 5) is 11.7. The fourth-order valence-corrected chi connectivity index (χ4v) is 6.47. The lowest BCUT2D eigenvalue weighted by atomic mass is 9.94. The minimum Gasteiger partial charge on any atom is -0.508 e. The molecule has 4 heterocycles. The predicted molar refractivity (Wildman–Crippen MR) is 155 cm³/mol. The van der Waals surface area contributed by atoms with Crippen LogP contribution in [0.2, 0.25) is 0 Å². The van der Waals surface area contributed by atoms with Crippen LogP contribution in [0.1, 0.15) is 51.0 Å². The van der Waals surface area contributed by atoms with Crippen molar-refractivity contribution in [1.29, 1.82) is 0 Å². The molecule has 2 aromatic carbocycles. The number of ether oxygens (including phenoxy) is 2. The Morgan fingerprint density at radius 2 is 1.98 bits per heavy atom. The van der Waals surface area contributed by atoms with Gasteiger partial charge in [-0.15, -0.1) is 0 Å². The summed E-state index contributed by atoms with van der Waals surface area (Å²) < 4.78 is 44.3. The summed E-state index contributed by atoms with van der Waals surface area (Å²) in [5.74, 6) is -0.499. The molecule has 0 amide bonds. The van der Waals surface area contributed by atoms with Crippen LogP contribution in [0.5, 0.6) is 17.5 Å². The number of aryl methyl sites for hydroxylation is 1. The lowest BCUT2D eigenvalue weighted by Crippen LogP contribution is -2.38. The predicted octanol–water partition coefficient (Wildman–Crippen LogP) is 6.26. The summed E-state index contributed by atoms with van der Waals surface area (Å²) in [7, 11) is 0. The van der Waals surface area contributed by atoms with Crippen LogP contribution in [0.4, 0.5) is 14.5 Å². The third-order valence-electron chi connectivity index (χ3n) is 9.10. The molecule has 4 aromatic rings. The highest BCUT2D eigenvalue weighted by Crippen LogP contribution is 2.47. The molecular formula is C32H34F2N4O3. The van der Waals surface area contributed by atoms with E-state index in [1.165, 1.54) is 12.1 Å². The zero-order chi connectivity index (χ0) is 28.3. The number of pyridine rings is 2. The number of nitrogens with zero attached hydrogens (tertiary/aromatic N) is 3. The highest BCUT2D eigenvalue weighted by Gasteiger charge is 2.42. The quantitative estimate of drug-likeness (QED) is 0.288. The van der Waals surface area contributed by atoms with Crippen molar-refractivity contribution >= 4 is 27.4 Å². The van der Waals surface area contributed by atoms with Crippen molar-refractivity contribution in [3.05, 3.63) is 47.5 Å². The van der Waals surface area contributed by atoms with E-state index in [1.54, 1.807) is 12.1 Å². The molecule has 3 aliphatic rings. The SMILES string of the molecule is CCc1c(F)ccc2cc(O)cc(-c3nc4c5c(cc(OCC6(CN)CC6)nc5c3F)N3CCCCCC3CO4)c12. The summed E-state index contributed by atoms with van der Waals surface area (Å²) in [6, 6.07) is 7.95. The van der Waals surface area contributed by atoms with Crippen LogP contribution < -0.4 is 20.1 Å². The monoisotopic (exact) mass is 560 g/mol. The number of rotatable bonds is 6. The lowest BCUT2D eigenvalue weighted by Gasteiger charge is -2.30. The van der Waals surface area contributed by atoms with Crippen LogP contribution in [-0.2, 0) is 6.42 Å². The van der Waals surface area contributed by atoms with E-state index in [2.05, 4.69) is 9.88 Å². The second-order valence-electron chi connectivity index (χ2n) is 11.8. The summed E-state index contributed by atoms with van der Waals surface area (Å²) in [5.41, 5.74) is 7.53. The van der Waals surface area contributed by atoms with Crippen molar-refractivity contribution in [2.75, 3.05) is 31.2 Å². The van der Waals surface area contributed by atoms with Crippen LogP contribution in [-0.4, -0.2) is 47.4 Å². The maximum absolute atomic E-state index is 16.8. The number of aromatic hydroxyl groups is 1. The van der Waals surface area contributed by atoms with Gasteiger partial charge < -0.3 is 25.2 Å². The molecule has 1 aliphatic carbocycles. The molecule has 1 saturated carbocycles. The van der Waals surface area contributed by atoms with Crippen LogP contribution in [0, 0.1) is 17.0 Å². The molecule has 2 fully saturated rings. The minimum atomic E-state index is -0.662. The molecule has 3 N–H and O–H groups in total. The van der Waals surface area contributed by atoms with E-state index < -0.39 is 5.82 Å². The van der Waals surface area contributed by atoms with E-state index in [9.17, 15) is 9.50 Å². The van der Waals surface area contributed by atoms with Gasteiger partial charge in [-0.3, -0.25) is 0 Å². The van der Waals surface area contributed by atoms with E-state index in [0.717, 1.165) is 50.8 Å². The van der Waals surface area contributed by atoms with Gasteiger partial charge >= 0.3 is 0 Å². The largest absolute Gasteiger partial charge is 0.508 e. The Kier molecular flexibility index (Phi) is 6.37. The zero-order valence-electron chi connectivity index (χ0n) is 23.2. The fraction of sp³-hybridized carbons (Fsp3) is 0.438. The summed E-state index contributed by atoms with van der Waals surface area (Å²) in [5, 5.41) is 12.2. The maximum Gasteiger partial charge on any atom is 0.225 e. The number of nitrogens with two attached hydrogens (primary N) is 1. The van der Waals surface area contributed by atoms with Crippen molar-refractivity contribution < 1.29 is 23.4 Å². The fourth-order valence-electron chi connectivity index (χ4n) is 6.47. The third-order valence-corrected chi connectivity index (χ3v) is 9.10. The maximum atomic E-state index is 16.8. The van der Waals surface area contributed by atoms with Gasteiger partial charge in [-0.1, -0.05) is 25.8 Å². The summed E-state index contributed by atoms with van der Waals surface area (Å²) in [6.07, 6.45) is 6.58. The van der Waals surface area contributed by atoms with Crippen molar-refractivity contribution in [2.45, 2.75) is 57.9 Å². The first-order valence-corrected chi connectivity index (χ1v) is 14.6. The molecule has 0 radical (unpaired) electrons. The number of halogens is 2. The van der Waals surface area contributed by atoms with Gasteiger partial charge in [0.25, 0.3) is 0 Å². The molecule has 214 valence electrons. The number of aromatic nitrogens is 2. The normalized spacial score (nSPS) is 19.4. The van der Waals surface area contributed by atoms with Crippen molar-refractivity contribution in [1.82, 2.24) is 9.97 Å². The Hall–Kier alpha value is -3.72. The highest BCUT2D eigenvalue weighted by molar-refractivity contribution is 6.04. The van der Waals surface area contributed by atoms with Gasteiger partial charge in [-0.25, -0.2) is 18.7 Å². The van der Waals surface area contributed by atoms with Crippen LogP contribution in [0.15, 0.2) is 30.3 Å². The highest BCUT2D eigenvalue weighted by atomic mass is 19.1. The molecule has 41 heavy (non-hydrogen) atoms. The Morgan fingerprint density at radius 1 is 1.12 bits per heavy atom. The molecule has 1 atom stereocenters. The Morgan fingerprint density at radius 3 is 2.76 bits per heavy atom. The molecule has 2 aromatic heterocycles. The average Bonchev–Trinajstić information content (AvgIpc) is 3.80. The molecule has 9 heteroatoms. The number of fused-ring (bicyclic) bond motifs is 3.